The quantitative estimate of drug-likeness (QED) is 0.508. The molecule has 0 aliphatic rings. The number of rotatable bonds is 3. The van der Waals surface area contributed by atoms with Crippen LogP contribution in [0.2, 0.25) is 0 Å². The molecule has 2 rings (SSSR count). The van der Waals surface area contributed by atoms with Crippen LogP contribution in [0.15, 0.2) is 30.3 Å². The molecule has 0 amide bonds. The topological polar surface area (TPSA) is 31.2 Å². The van der Waals surface area contributed by atoms with Crippen LogP contribution in [-0.2, 0) is 0 Å². The van der Waals surface area contributed by atoms with Gasteiger partial charge in [0.1, 0.15) is 11.5 Å². The van der Waals surface area contributed by atoms with Crippen molar-refractivity contribution in [2.24, 2.45) is 0 Å². The Labute approximate surface area is 108 Å². The zero-order valence-corrected chi connectivity index (χ0v) is 11.3. The van der Waals surface area contributed by atoms with Gasteiger partial charge < -0.3 is 4.90 Å². The van der Waals surface area contributed by atoms with Crippen LogP contribution in [0.3, 0.4) is 0 Å². The minimum Gasteiger partial charge on any atom is -0.363 e. The third kappa shape index (κ3) is 2.59. The van der Waals surface area contributed by atoms with Crippen LogP contribution in [0.4, 0.5) is 11.5 Å². The van der Waals surface area contributed by atoms with E-state index in [1.165, 1.54) is 0 Å². The Morgan fingerprint density at radius 3 is 2.61 bits per heavy atom. The summed E-state index contributed by atoms with van der Waals surface area (Å²) < 4.78 is 1.98. The first-order chi connectivity index (χ1) is 8.58. The molecular weight excluding hydrogens is 224 g/mol. The highest BCUT2D eigenvalue weighted by atomic mass is 15.1. The molecule has 0 aliphatic carbocycles. The lowest BCUT2D eigenvalue weighted by molar-refractivity contribution is -0.459. The van der Waals surface area contributed by atoms with E-state index >= 15 is 0 Å². The number of benzene rings is 1. The van der Waals surface area contributed by atoms with Crippen molar-refractivity contribution in [3.63, 3.8) is 0 Å². The van der Waals surface area contributed by atoms with E-state index in [-0.39, 0.29) is 0 Å². The standard InChI is InChI=1S/C14H18N4/c1-17(2)10-15-13-9-14(18(3)4)16-12-8-6-5-7-11(12)13/h5-10H,1-4H3/p+1. The molecule has 0 spiro atoms. The molecule has 0 atom stereocenters. The molecule has 94 valence electrons. The highest BCUT2D eigenvalue weighted by Crippen LogP contribution is 2.25. The zero-order chi connectivity index (χ0) is 13.1. The average molecular weight is 243 g/mol. The van der Waals surface area contributed by atoms with Gasteiger partial charge in [0.2, 0.25) is 6.34 Å². The summed E-state index contributed by atoms with van der Waals surface area (Å²) in [6, 6.07) is 10.2. The van der Waals surface area contributed by atoms with Gasteiger partial charge in [-0.15, -0.1) is 0 Å². The summed E-state index contributed by atoms with van der Waals surface area (Å²) in [6.45, 7) is 0. The normalized spacial score (nSPS) is 10.2. The molecule has 0 radical (unpaired) electrons. The minimum absolute atomic E-state index is 0.948. The second kappa shape index (κ2) is 5.04. The van der Waals surface area contributed by atoms with Crippen LogP contribution in [-0.4, -0.2) is 44.1 Å². The number of nitrogens with zero attached hydrogens (tertiary/aromatic N) is 3. The Balaban J connectivity index is 2.57. The molecule has 1 aromatic heterocycles. The first-order valence-electron chi connectivity index (χ1n) is 5.91. The Bertz CT molecular complexity index is 583. The van der Waals surface area contributed by atoms with Gasteiger partial charge >= 0.3 is 0 Å². The monoisotopic (exact) mass is 243 g/mol. The minimum atomic E-state index is 0.948. The van der Waals surface area contributed by atoms with Crippen LogP contribution in [0.1, 0.15) is 0 Å². The molecule has 1 aromatic carbocycles. The fourth-order valence-electron chi connectivity index (χ4n) is 1.71. The summed E-state index contributed by atoms with van der Waals surface area (Å²) in [6.07, 6.45) is 1.93. The lowest BCUT2D eigenvalue weighted by Gasteiger charge is -2.13. The lowest BCUT2D eigenvalue weighted by atomic mass is 10.2. The molecule has 4 heteroatoms. The van der Waals surface area contributed by atoms with E-state index in [0.29, 0.717) is 0 Å². The predicted octanol–water partition coefficient (Wildman–Crippen LogP) is 2.01. The van der Waals surface area contributed by atoms with Crippen molar-refractivity contribution >= 4 is 28.7 Å². The van der Waals surface area contributed by atoms with Crippen molar-refractivity contribution in [3.8, 4) is 0 Å². The van der Waals surface area contributed by atoms with Crippen molar-refractivity contribution in [2.45, 2.75) is 0 Å². The SMILES string of the molecule is CN(C)c1cc(NC=[N+](C)C)c2ccccc2n1. The second-order valence-corrected chi connectivity index (χ2v) is 4.68. The van der Waals surface area contributed by atoms with Gasteiger partial charge in [0.25, 0.3) is 0 Å². The van der Waals surface area contributed by atoms with E-state index in [0.717, 1.165) is 22.4 Å². The Kier molecular flexibility index (Phi) is 3.46. The van der Waals surface area contributed by atoms with Crippen molar-refractivity contribution in [1.82, 2.24) is 4.98 Å². The maximum atomic E-state index is 4.62. The summed E-state index contributed by atoms with van der Waals surface area (Å²) in [4.78, 5) is 6.63. The van der Waals surface area contributed by atoms with E-state index < -0.39 is 0 Å². The number of fused-ring (bicyclic) bond motifs is 1. The van der Waals surface area contributed by atoms with Gasteiger partial charge in [-0.2, -0.15) is 0 Å². The van der Waals surface area contributed by atoms with E-state index in [1.54, 1.807) is 0 Å². The molecule has 0 fully saturated rings. The van der Waals surface area contributed by atoms with Gasteiger partial charge in [0.15, 0.2) is 0 Å². The Hall–Kier alpha value is -2.10. The van der Waals surface area contributed by atoms with Crippen LogP contribution in [0, 0.1) is 0 Å². The number of hydrogen-bond donors (Lipinski definition) is 1. The molecule has 18 heavy (non-hydrogen) atoms. The van der Waals surface area contributed by atoms with Crippen molar-refractivity contribution in [1.29, 1.82) is 0 Å². The summed E-state index contributed by atoms with van der Waals surface area (Å²) >= 11 is 0. The maximum Gasteiger partial charge on any atom is 0.236 e. The molecule has 0 unspecified atom stereocenters. The molecular formula is C14H19N4+. The van der Waals surface area contributed by atoms with E-state index in [2.05, 4.69) is 22.4 Å². The molecule has 0 bridgehead atoms. The largest absolute Gasteiger partial charge is 0.363 e. The highest BCUT2D eigenvalue weighted by molar-refractivity contribution is 5.96. The number of pyridine rings is 1. The zero-order valence-electron chi connectivity index (χ0n) is 11.3. The number of aromatic nitrogens is 1. The van der Waals surface area contributed by atoms with Crippen LogP contribution >= 0.6 is 0 Å². The van der Waals surface area contributed by atoms with E-state index in [9.17, 15) is 0 Å². The predicted molar refractivity (Wildman–Crippen MR) is 77.9 cm³/mol. The van der Waals surface area contributed by atoms with Gasteiger partial charge in [0.05, 0.1) is 19.6 Å². The number of nitrogens with one attached hydrogen (secondary N) is 1. The molecule has 4 nitrogen and oxygen atoms in total. The third-order valence-corrected chi connectivity index (χ3v) is 2.64. The molecule has 0 aliphatic heterocycles. The summed E-state index contributed by atoms with van der Waals surface area (Å²) in [5.41, 5.74) is 2.07. The summed E-state index contributed by atoms with van der Waals surface area (Å²) in [5.74, 6) is 0.948. The number of anilines is 2. The lowest BCUT2D eigenvalue weighted by Crippen LogP contribution is -2.12. The first-order valence-corrected chi connectivity index (χ1v) is 5.91. The average Bonchev–Trinajstić information content (AvgIpc) is 2.35. The molecule has 1 N–H and O–H groups in total. The van der Waals surface area contributed by atoms with Crippen molar-refractivity contribution in [2.75, 3.05) is 38.4 Å². The third-order valence-electron chi connectivity index (χ3n) is 2.64. The summed E-state index contributed by atoms with van der Waals surface area (Å²) in [7, 11) is 7.97. The number of para-hydroxylation sites is 1. The van der Waals surface area contributed by atoms with Gasteiger partial charge in [-0.3, -0.25) is 4.58 Å². The van der Waals surface area contributed by atoms with Crippen LogP contribution in [0.25, 0.3) is 10.9 Å². The van der Waals surface area contributed by atoms with Crippen LogP contribution in [0.5, 0.6) is 0 Å². The fourth-order valence-corrected chi connectivity index (χ4v) is 1.71. The van der Waals surface area contributed by atoms with Gasteiger partial charge in [-0.25, -0.2) is 10.3 Å². The smallest absolute Gasteiger partial charge is 0.236 e. The maximum absolute atomic E-state index is 4.62. The Morgan fingerprint density at radius 1 is 1.22 bits per heavy atom. The fraction of sp³-hybridized carbons (Fsp3) is 0.286. The first kappa shape index (κ1) is 12.4. The van der Waals surface area contributed by atoms with Gasteiger partial charge in [0, 0.05) is 25.5 Å². The molecule has 1 heterocycles. The highest BCUT2D eigenvalue weighted by Gasteiger charge is 2.08. The van der Waals surface area contributed by atoms with Crippen LogP contribution < -0.4 is 10.2 Å². The van der Waals surface area contributed by atoms with Gasteiger partial charge in [-0.05, 0) is 12.1 Å². The Morgan fingerprint density at radius 2 is 1.94 bits per heavy atom. The van der Waals surface area contributed by atoms with E-state index in [4.69, 9.17) is 0 Å². The van der Waals surface area contributed by atoms with Crippen molar-refractivity contribution in [3.05, 3.63) is 30.3 Å². The van der Waals surface area contributed by atoms with Gasteiger partial charge in [-0.1, -0.05) is 12.1 Å². The second-order valence-electron chi connectivity index (χ2n) is 4.68. The molecule has 2 aromatic rings. The van der Waals surface area contributed by atoms with E-state index in [1.807, 2.05) is 62.2 Å². The molecule has 0 saturated heterocycles. The molecule has 0 saturated carbocycles. The summed E-state index contributed by atoms with van der Waals surface area (Å²) in [5, 5.41) is 4.44. The number of hydrogen-bond acceptors (Lipinski definition) is 2. The van der Waals surface area contributed by atoms with Crippen molar-refractivity contribution < 1.29 is 4.58 Å².